The molecule has 1 N–H and O–H groups in total. The van der Waals surface area contributed by atoms with Crippen molar-refractivity contribution in [3.05, 3.63) is 28.6 Å². The topological polar surface area (TPSA) is 62.3 Å². The minimum absolute atomic E-state index is 0.0358. The fourth-order valence-corrected chi connectivity index (χ4v) is 4.25. The van der Waals surface area contributed by atoms with E-state index < -0.39 is 0 Å². The Bertz CT molecular complexity index is 666. The number of nitrogens with one attached hydrogen (secondary N) is 1. The van der Waals surface area contributed by atoms with Crippen LogP contribution in [0.25, 0.3) is 9.88 Å². The largest absolute Gasteiger partial charge is 0.349 e. The molecule has 0 radical (unpaired) electrons. The van der Waals surface area contributed by atoms with Crippen LogP contribution in [0.4, 0.5) is 0 Å². The van der Waals surface area contributed by atoms with Gasteiger partial charge in [-0.3, -0.25) is 9.59 Å². The smallest absolute Gasteiger partial charge is 0.243 e. The molecule has 7 heteroatoms. The van der Waals surface area contributed by atoms with Crippen molar-refractivity contribution < 1.29 is 9.59 Å². The van der Waals surface area contributed by atoms with Gasteiger partial charge in [0.05, 0.1) is 17.1 Å². The standard InChI is InChI=1S/C15H17N3O2S2/c1-10(19)18-6-2-4-12(18)14(20)16-8-11-9-22-15(17-11)13-5-3-7-21-13/h3,5,7,9,12H,2,4,6,8H2,1H3,(H,16,20). The molecular weight excluding hydrogens is 318 g/mol. The van der Waals surface area contributed by atoms with Crippen LogP contribution < -0.4 is 5.32 Å². The quantitative estimate of drug-likeness (QED) is 0.934. The second-order valence-electron chi connectivity index (χ2n) is 5.21. The molecule has 22 heavy (non-hydrogen) atoms. The molecule has 0 saturated carbocycles. The molecule has 0 aliphatic carbocycles. The van der Waals surface area contributed by atoms with Crippen LogP contribution in [0.15, 0.2) is 22.9 Å². The number of aromatic nitrogens is 1. The van der Waals surface area contributed by atoms with Crippen molar-refractivity contribution in [2.75, 3.05) is 6.54 Å². The highest BCUT2D eigenvalue weighted by molar-refractivity contribution is 7.20. The molecule has 1 fully saturated rings. The first-order valence-corrected chi connectivity index (χ1v) is 8.94. The predicted octanol–water partition coefficient (Wildman–Crippen LogP) is 2.50. The van der Waals surface area contributed by atoms with Gasteiger partial charge in [-0.05, 0) is 24.3 Å². The van der Waals surface area contributed by atoms with Gasteiger partial charge < -0.3 is 10.2 Å². The number of rotatable bonds is 4. The summed E-state index contributed by atoms with van der Waals surface area (Å²) in [5.41, 5.74) is 0.856. The zero-order valence-corrected chi connectivity index (χ0v) is 13.9. The van der Waals surface area contributed by atoms with Crippen LogP contribution in [0, 0.1) is 0 Å². The molecule has 3 rings (SSSR count). The van der Waals surface area contributed by atoms with E-state index in [4.69, 9.17) is 0 Å². The Morgan fingerprint density at radius 2 is 2.32 bits per heavy atom. The van der Waals surface area contributed by atoms with Crippen molar-refractivity contribution in [1.29, 1.82) is 0 Å². The number of hydrogen-bond donors (Lipinski definition) is 1. The summed E-state index contributed by atoms with van der Waals surface area (Å²) in [6, 6.07) is 3.71. The third-order valence-corrected chi connectivity index (χ3v) is 5.62. The van der Waals surface area contributed by atoms with Gasteiger partial charge in [-0.2, -0.15) is 0 Å². The van der Waals surface area contributed by atoms with Crippen LogP contribution in [0.5, 0.6) is 0 Å². The summed E-state index contributed by atoms with van der Waals surface area (Å²) in [6.07, 6.45) is 1.62. The molecule has 0 spiro atoms. The Labute approximate surface area is 137 Å². The van der Waals surface area contributed by atoms with Crippen LogP contribution in [0.3, 0.4) is 0 Å². The van der Waals surface area contributed by atoms with E-state index in [9.17, 15) is 9.59 Å². The van der Waals surface area contributed by atoms with E-state index in [0.717, 1.165) is 28.4 Å². The Morgan fingerprint density at radius 3 is 3.05 bits per heavy atom. The summed E-state index contributed by atoms with van der Waals surface area (Å²) in [5, 5.41) is 7.86. The minimum Gasteiger partial charge on any atom is -0.349 e. The molecule has 2 aromatic heterocycles. The molecule has 1 atom stereocenters. The number of thiazole rings is 1. The van der Waals surface area contributed by atoms with Gasteiger partial charge in [0.25, 0.3) is 0 Å². The zero-order valence-electron chi connectivity index (χ0n) is 12.2. The van der Waals surface area contributed by atoms with Gasteiger partial charge >= 0.3 is 0 Å². The van der Waals surface area contributed by atoms with E-state index >= 15 is 0 Å². The average Bonchev–Trinajstić information content (AvgIpc) is 3.23. The molecule has 0 aromatic carbocycles. The maximum Gasteiger partial charge on any atom is 0.243 e. The molecule has 1 aliphatic rings. The van der Waals surface area contributed by atoms with Crippen molar-refractivity contribution in [3.63, 3.8) is 0 Å². The lowest BCUT2D eigenvalue weighted by molar-refractivity contribution is -0.136. The van der Waals surface area contributed by atoms with Crippen molar-refractivity contribution in [2.24, 2.45) is 0 Å². The van der Waals surface area contributed by atoms with Gasteiger partial charge in [-0.15, -0.1) is 22.7 Å². The van der Waals surface area contributed by atoms with Crippen molar-refractivity contribution >= 4 is 34.5 Å². The van der Waals surface area contributed by atoms with Crippen LogP contribution in [0.2, 0.25) is 0 Å². The fraction of sp³-hybridized carbons (Fsp3) is 0.400. The van der Waals surface area contributed by atoms with Crippen LogP contribution in [-0.4, -0.2) is 34.3 Å². The minimum atomic E-state index is -0.326. The van der Waals surface area contributed by atoms with Crippen molar-refractivity contribution in [1.82, 2.24) is 15.2 Å². The third kappa shape index (κ3) is 3.20. The van der Waals surface area contributed by atoms with Gasteiger partial charge in [-0.25, -0.2) is 4.98 Å². The summed E-state index contributed by atoms with van der Waals surface area (Å²) in [4.78, 5) is 31.1. The lowest BCUT2D eigenvalue weighted by Gasteiger charge is -2.22. The van der Waals surface area contributed by atoms with Gasteiger partial charge in [0, 0.05) is 18.8 Å². The highest BCUT2D eigenvalue weighted by atomic mass is 32.1. The Balaban J connectivity index is 1.58. The second-order valence-corrected chi connectivity index (χ2v) is 7.02. The summed E-state index contributed by atoms with van der Waals surface area (Å²) >= 11 is 3.23. The fourth-order valence-electron chi connectivity index (χ4n) is 2.61. The van der Waals surface area contributed by atoms with Gasteiger partial charge in [-0.1, -0.05) is 6.07 Å². The number of nitrogens with zero attached hydrogens (tertiary/aromatic N) is 2. The highest BCUT2D eigenvalue weighted by Crippen LogP contribution is 2.27. The molecular formula is C15H17N3O2S2. The van der Waals surface area contributed by atoms with Crippen LogP contribution in [0.1, 0.15) is 25.5 Å². The first kappa shape index (κ1) is 15.2. The van der Waals surface area contributed by atoms with Crippen LogP contribution in [-0.2, 0) is 16.1 Å². The number of amides is 2. The van der Waals surface area contributed by atoms with Crippen molar-refractivity contribution in [3.8, 4) is 9.88 Å². The molecule has 1 unspecified atom stereocenters. The molecule has 5 nitrogen and oxygen atoms in total. The number of likely N-dealkylation sites (tertiary alicyclic amines) is 1. The summed E-state index contributed by atoms with van der Waals surface area (Å²) in [5.74, 6) is -0.121. The summed E-state index contributed by atoms with van der Waals surface area (Å²) < 4.78 is 0. The monoisotopic (exact) mass is 335 g/mol. The second kappa shape index (κ2) is 6.58. The van der Waals surface area contributed by atoms with Crippen LogP contribution >= 0.6 is 22.7 Å². The number of carbonyl (C=O) groups excluding carboxylic acids is 2. The van der Waals surface area contributed by atoms with Gasteiger partial charge in [0.1, 0.15) is 11.0 Å². The summed E-state index contributed by atoms with van der Waals surface area (Å²) in [7, 11) is 0. The number of thiophene rings is 1. The predicted molar refractivity (Wildman–Crippen MR) is 87.7 cm³/mol. The Morgan fingerprint density at radius 1 is 1.45 bits per heavy atom. The van der Waals surface area contributed by atoms with E-state index in [2.05, 4.69) is 10.3 Å². The number of carbonyl (C=O) groups is 2. The summed E-state index contributed by atoms with van der Waals surface area (Å²) in [6.45, 7) is 2.59. The Hall–Kier alpha value is -1.73. The first-order chi connectivity index (χ1) is 10.6. The van der Waals surface area contributed by atoms with Crippen molar-refractivity contribution in [2.45, 2.75) is 32.4 Å². The molecule has 3 heterocycles. The maximum absolute atomic E-state index is 12.2. The van der Waals surface area contributed by atoms with Gasteiger partial charge in [0.2, 0.25) is 11.8 Å². The van der Waals surface area contributed by atoms with E-state index in [1.807, 2.05) is 22.9 Å². The van der Waals surface area contributed by atoms with Gasteiger partial charge in [0.15, 0.2) is 0 Å². The number of hydrogen-bond acceptors (Lipinski definition) is 5. The molecule has 0 bridgehead atoms. The third-order valence-electron chi connectivity index (χ3n) is 3.69. The lowest BCUT2D eigenvalue weighted by Crippen LogP contribution is -2.44. The highest BCUT2D eigenvalue weighted by Gasteiger charge is 2.32. The van der Waals surface area contributed by atoms with E-state index in [-0.39, 0.29) is 17.9 Å². The average molecular weight is 335 g/mol. The molecule has 2 amide bonds. The molecule has 2 aromatic rings. The van der Waals surface area contributed by atoms with E-state index in [1.54, 1.807) is 27.6 Å². The Kier molecular flexibility index (Phi) is 4.54. The van der Waals surface area contributed by atoms with E-state index in [1.165, 1.54) is 6.92 Å². The van der Waals surface area contributed by atoms with E-state index in [0.29, 0.717) is 13.1 Å². The molecule has 1 saturated heterocycles. The normalized spacial score (nSPS) is 17.7. The first-order valence-electron chi connectivity index (χ1n) is 7.18. The zero-order chi connectivity index (χ0) is 15.5. The SMILES string of the molecule is CC(=O)N1CCCC1C(=O)NCc1csc(-c2cccs2)n1. The lowest BCUT2D eigenvalue weighted by atomic mass is 10.2. The molecule has 1 aliphatic heterocycles. The maximum atomic E-state index is 12.2. The molecule has 116 valence electrons.